The minimum absolute atomic E-state index is 0.406. The summed E-state index contributed by atoms with van der Waals surface area (Å²) in [6.07, 6.45) is 4.83. The first-order valence-electron chi connectivity index (χ1n) is 7.73. The Labute approximate surface area is 117 Å². The molecular weight excluding hydrogens is 234 g/mol. The summed E-state index contributed by atoms with van der Waals surface area (Å²) in [6.45, 7) is 9.22. The monoisotopic (exact) mass is 261 g/mol. The van der Waals surface area contributed by atoms with Crippen molar-refractivity contribution in [1.29, 1.82) is 0 Å². The summed E-state index contributed by atoms with van der Waals surface area (Å²) in [4.78, 5) is 2.65. The molecule has 0 fully saturated rings. The highest BCUT2D eigenvalue weighted by Crippen LogP contribution is 2.36. The average Bonchev–Trinajstić information content (AvgIpc) is 2.40. The highest BCUT2D eigenvalue weighted by molar-refractivity contribution is 5.39. The molecule has 1 aromatic rings. The van der Waals surface area contributed by atoms with E-state index in [0.717, 1.165) is 6.42 Å². The minimum Gasteiger partial charge on any atom is -0.508 e. The van der Waals surface area contributed by atoms with E-state index in [4.69, 9.17) is 0 Å². The Bertz CT molecular complexity index is 410. The first kappa shape index (κ1) is 14.4. The van der Waals surface area contributed by atoms with E-state index < -0.39 is 0 Å². The van der Waals surface area contributed by atoms with Gasteiger partial charge >= 0.3 is 0 Å². The maximum atomic E-state index is 9.72. The van der Waals surface area contributed by atoms with Gasteiger partial charge in [-0.1, -0.05) is 26.8 Å². The number of phenols is 1. The fraction of sp³-hybridized carbons (Fsp3) is 0.647. The van der Waals surface area contributed by atoms with E-state index in [1.54, 1.807) is 0 Å². The summed E-state index contributed by atoms with van der Waals surface area (Å²) < 4.78 is 0. The Balaban J connectivity index is 2.21. The molecule has 1 N–H and O–H groups in total. The Kier molecular flexibility index (Phi) is 4.87. The van der Waals surface area contributed by atoms with Gasteiger partial charge in [0, 0.05) is 6.04 Å². The molecule has 2 atom stereocenters. The zero-order valence-corrected chi connectivity index (χ0v) is 12.5. The molecule has 2 nitrogen and oxygen atoms in total. The number of aromatic hydroxyl groups is 1. The van der Waals surface area contributed by atoms with Crippen LogP contribution < -0.4 is 0 Å². The fourth-order valence-electron chi connectivity index (χ4n) is 3.51. The van der Waals surface area contributed by atoms with E-state index in [9.17, 15) is 5.11 Å². The highest BCUT2D eigenvalue weighted by Gasteiger charge is 2.30. The zero-order chi connectivity index (χ0) is 13.8. The van der Waals surface area contributed by atoms with Gasteiger partial charge in [-0.2, -0.15) is 0 Å². The Hall–Kier alpha value is -1.02. The van der Waals surface area contributed by atoms with Gasteiger partial charge in [0.15, 0.2) is 0 Å². The van der Waals surface area contributed by atoms with Crippen LogP contribution in [0.5, 0.6) is 5.75 Å². The number of hydrogen-bond acceptors (Lipinski definition) is 2. The van der Waals surface area contributed by atoms with Crippen LogP contribution in [0, 0.1) is 0 Å². The molecule has 106 valence electrons. The van der Waals surface area contributed by atoms with Crippen molar-refractivity contribution in [2.75, 3.05) is 13.1 Å². The number of rotatable bonds is 5. The van der Waals surface area contributed by atoms with Gasteiger partial charge in [-0.05, 0) is 68.0 Å². The third kappa shape index (κ3) is 3.11. The molecule has 1 aliphatic carbocycles. The quantitative estimate of drug-likeness (QED) is 0.868. The normalized spacial score (nSPS) is 22.5. The highest BCUT2D eigenvalue weighted by atomic mass is 16.3. The third-order valence-corrected chi connectivity index (χ3v) is 4.40. The number of aryl methyl sites for hydroxylation is 1. The van der Waals surface area contributed by atoms with Crippen molar-refractivity contribution in [3.63, 3.8) is 0 Å². The van der Waals surface area contributed by atoms with Crippen molar-refractivity contribution < 1.29 is 5.11 Å². The van der Waals surface area contributed by atoms with Gasteiger partial charge in [0.2, 0.25) is 0 Å². The summed E-state index contributed by atoms with van der Waals surface area (Å²) in [5.41, 5.74) is 2.78. The van der Waals surface area contributed by atoms with Crippen molar-refractivity contribution in [2.45, 2.75) is 58.4 Å². The number of phenolic OH excluding ortho intramolecular Hbond substituents is 1. The molecular formula is C17H27NO. The van der Waals surface area contributed by atoms with Gasteiger partial charge in [-0.3, -0.25) is 4.90 Å². The molecule has 0 radical (unpaired) electrons. The van der Waals surface area contributed by atoms with Crippen LogP contribution in [0.15, 0.2) is 18.2 Å². The van der Waals surface area contributed by atoms with Crippen LogP contribution in [0.2, 0.25) is 0 Å². The topological polar surface area (TPSA) is 23.5 Å². The van der Waals surface area contributed by atoms with Crippen LogP contribution in [0.4, 0.5) is 0 Å². The predicted molar refractivity (Wildman–Crippen MR) is 80.8 cm³/mol. The standard InChI is InChI=1S/C17H27NO/c1-4-10-18(11-5-2)17-9-7-14-6-8-15(19)12-16(14)13(17)3/h6,8,12-13,17,19H,4-5,7,9-11H2,1-3H3/t13-,17+/m1/s1. The maximum absolute atomic E-state index is 9.72. The molecule has 2 heteroatoms. The van der Waals surface area contributed by atoms with Gasteiger partial charge in [-0.15, -0.1) is 0 Å². The van der Waals surface area contributed by atoms with Crippen LogP contribution >= 0.6 is 0 Å². The lowest BCUT2D eigenvalue weighted by Crippen LogP contribution is -2.42. The van der Waals surface area contributed by atoms with Crippen LogP contribution in [0.25, 0.3) is 0 Å². The molecule has 0 spiro atoms. The molecule has 0 aromatic heterocycles. The fourth-order valence-corrected chi connectivity index (χ4v) is 3.51. The van der Waals surface area contributed by atoms with E-state index in [1.807, 2.05) is 12.1 Å². The molecule has 0 unspecified atom stereocenters. The lowest BCUT2D eigenvalue weighted by Gasteiger charge is -2.39. The SMILES string of the molecule is CCCN(CCC)[C@H]1CCc2ccc(O)cc2[C@H]1C. The molecule has 1 aliphatic rings. The summed E-state index contributed by atoms with van der Waals surface area (Å²) in [5, 5.41) is 9.72. The van der Waals surface area contributed by atoms with Gasteiger partial charge in [-0.25, -0.2) is 0 Å². The predicted octanol–water partition coefficient (Wildman–Crippen LogP) is 3.93. The first-order valence-corrected chi connectivity index (χ1v) is 7.73. The van der Waals surface area contributed by atoms with Gasteiger partial charge < -0.3 is 5.11 Å². The van der Waals surface area contributed by atoms with E-state index in [0.29, 0.717) is 17.7 Å². The molecule has 1 aromatic carbocycles. The van der Waals surface area contributed by atoms with Gasteiger partial charge in [0.25, 0.3) is 0 Å². The lowest BCUT2D eigenvalue weighted by molar-refractivity contribution is 0.159. The second-order valence-corrected chi connectivity index (χ2v) is 5.81. The number of fused-ring (bicyclic) bond motifs is 1. The second-order valence-electron chi connectivity index (χ2n) is 5.81. The van der Waals surface area contributed by atoms with Crippen LogP contribution in [0.3, 0.4) is 0 Å². The van der Waals surface area contributed by atoms with Crippen LogP contribution in [0.1, 0.15) is 57.1 Å². The zero-order valence-electron chi connectivity index (χ0n) is 12.5. The molecule has 0 saturated carbocycles. The van der Waals surface area contributed by atoms with Crippen molar-refractivity contribution in [2.24, 2.45) is 0 Å². The van der Waals surface area contributed by atoms with Crippen molar-refractivity contribution in [3.05, 3.63) is 29.3 Å². The van der Waals surface area contributed by atoms with E-state index >= 15 is 0 Å². The molecule has 0 saturated heterocycles. The minimum atomic E-state index is 0.406. The van der Waals surface area contributed by atoms with Crippen LogP contribution in [-0.2, 0) is 6.42 Å². The number of benzene rings is 1. The third-order valence-electron chi connectivity index (χ3n) is 4.40. The van der Waals surface area contributed by atoms with Crippen molar-refractivity contribution in [3.8, 4) is 5.75 Å². The maximum Gasteiger partial charge on any atom is 0.115 e. The molecule has 19 heavy (non-hydrogen) atoms. The number of nitrogens with zero attached hydrogens (tertiary/aromatic N) is 1. The van der Waals surface area contributed by atoms with Crippen LogP contribution in [-0.4, -0.2) is 29.1 Å². The first-order chi connectivity index (χ1) is 9.17. The number of hydrogen-bond donors (Lipinski definition) is 1. The molecule has 0 heterocycles. The van der Waals surface area contributed by atoms with E-state index in [2.05, 4.69) is 31.7 Å². The van der Waals surface area contributed by atoms with Gasteiger partial charge in [0.05, 0.1) is 0 Å². The second kappa shape index (κ2) is 6.42. The smallest absolute Gasteiger partial charge is 0.115 e. The molecule has 2 rings (SSSR count). The summed E-state index contributed by atoms with van der Waals surface area (Å²) >= 11 is 0. The van der Waals surface area contributed by atoms with Crippen molar-refractivity contribution in [1.82, 2.24) is 4.90 Å². The summed E-state index contributed by atoms with van der Waals surface area (Å²) in [6, 6.07) is 6.53. The van der Waals surface area contributed by atoms with Gasteiger partial charge in [0.1, 0.15) is 5.75 Å². The molecule has 0 bridgehead atoms. The average molecular weight is 261 g/mol. The Morgan fingerprint density at radius 3 is 2.53 bits per heavy atom. The molecule has 0 amide bonds. The van der Waals surface area contributed by atoms with E-state index in [-0.39, 0.29) is 0 Å². The molecule has 0 aliphatic heterocycles. The Morgan fingerprint density at radius 1 is 1.21 bits per heavy atom. The summed E-state index contributed by atoms with van der Waals surface area (Å²) in [5.74, 6) is 0.928. The largest absolute Gasteiger partial charge is 0.508 e. The van der Waals surface area contributed by atoms with E-state index in [1.165, 1.54) is 43.5 Å². The lowest BCUT2D eigenvalue weighted by atomic mass is 9.79. The summed E-state index contributed by atoms with van der Waals surface area (Å²) in [7, 11) is 0. The van der Waals surface area contributed by atoms with Crippen molar-refractivity contribution >= 4 is 0 Å². The Morgan fingerprint density at radius 2 is 1.89 bits per heavy atom.